The predicted octanol–water partition coefficient (Wildman–Crippen LogP) is 5.74. The SMILES string of the molecule is Cc1cc(OCC(=O)Nc2nc3scc(-c4cc(Cl)ccc4Cl)n3n2)ccc1Cl. The molecule has 10 heteroatoms. The van der Waals surface area contributed by atoms with Gasteiger partial charge in [0, 0.05) is 21.0 Å². The Labute approximate surface area is 185 Å². The van der Waals surface area contributed by atoms with E-state index < -0.39 is 0 Å². The number of carbonyl (C=O) groups excluding carboxylic acids is 1. The van der Waals surface area contributed by atoms with Crippen molar-refractivity contribution in [3.05, 3.63) is 62.4 Å². The molecule has 0 aliphatic rings. The molecular weight excluding hydrogens is 455 g/mol. The van der Waals surface area contributed by atoms with Gasteiger partial charge in [0.05, 0.1) is 10.7 Å². The van der Waals surface area contributed by atoms with Crippen molar-refractivity contribution < 1.29 is 9.53 Å². The second kappa shape index (κ2) is 8.20. The van der Waals surface area contributed by atoms with Crippen LogP contribution in [0.25, 0.3) is 16.2 Å². The van der Waals surface area contributed by atoms with Crippen molar-refractivity contribution in [2.24, 2.45) is 0 Å². The smallest absolute Gasteiger partial charge is 0.264 e. The number of nitrogens with one attached hydrogen (secondary N) is 1. The Morgan fingerprint density at radius 1 is 1.17 bits per heavy atom. The monoisotopic (exact) mass is 466 g/mol. The molecule has 0 aliphatic carbocycles. The number of rotatable bonds is 5. The van der Waals surface area contributed by atoms with Crippen molar-refractivity contribution in [1.29, 1.82) is 0 Å². The van der Waals surface area contributed by atoms with E-state index in [9.17, 15) is 4.79 Å². The minimum atomic E-state index is -0.377. The molecule has 0 saturated heterocycles. The van der Waals surface area contributed by atoms with Gasteiger partial charge in [-0.1, -0.05) is 34.8 Å². The Hall–Kier alpha value is -2.32. The van der Waals surface area contributed by atoms with Gasteiger partial charge in [-0.2, -0.15) is 4.98 Å². The zero-order valence-corrected chi connectivity index (χ0v) is 18.0. The minimum absolute atomic E-state index is 0.178. The van der Waals surface area contributed by atoms with Gasteiger partial charge in [0.15, 0.2) is 6.61 Å². The fraction of sp³-hybridized carbons (Fsp3) is 0.105. The number of fused-ring (bicyclic) bond motifs is 1. The summed E-state index contributed by atoms with van der Waals surface area (Å²) in [6, 6.07) is 10.4. The summed E-state index contributed by atoms with van der Waals surface area (Å²) >= 11 is 19.7. The van der Waals surface area contributed by atoms with Crippen LogP contribution in [0.3, 0.4) is 0 Å². The van der Waals surface area contributed by atoms with Gasteiger partial charge in [-0.3, -0.25) is 10.1 Å². The number of aromatic nitrogens is 3. The summed E-state index contributed by atoms with van der Waals surface area (Å²) in [5, 5.41) is 10.6. The molecule has 0 fully saturated rings. The van der Waals surface area contributed by atoms with E-state index in [0.717, 1.165) is 16.8 Å². The van der Waals surface area contributed by atoms with Crippen LogP contribution in [0.15, 0.2) is 41.8 Å². The highest BCUT2D eigenvalue weighted by atomic mass is 35.5. The van der Waals surface area contributed by atoms with Crippen LogP contribution in [0.1, 0.15) is 5.56 Å². The van der Waals surface area contributed by atoms with Gasteiger partial charge < -0.3 is 4.74 Å². The molecule has 148 valence electrons. The number of aryl methyl sites for hydroxylation is 1. The van der Waals surface area contributed by atoms with Crippen molar-refractivity contribution in [2.75, 3.05) is 11.9 Å². The number of thiazole rings is 1. The Kier molecular flexibility index (Phi) is 5.65. The third-order valence-electron chi connectivity index (χ3n) is 4.04. The molecular formula is C19H13Cl3N4O2S. The number of ether oxygens (including phenoxy) is 1. The molecule has 2 aromatic carbocycles. The first-order valence-corrected chi connectivity index (χ1v) is 10.4. The fourth-order valence-corrected chi connectivity index (χ4v) is 3.96. The average molecular weight is 468 g/mol. The predicted molar refractivity (Wildman–Crippen MR) is 117 cm³/mol. The van der Waals surface area contributed by atoms with Crippen LogP contribution in [0.4, 0.5) is 5.95 Å². The molecule has 0 saturated carbocycles. The van der Waals surface area contributed by atoms with Crippen LogP contribution in [0.5, 0.6) is 5.75 Å². The second-order valence-electron chi connectivity index (χ2n) is 6.12. The number of nitrogens with zero attached hydrogens (tertiary/aromatic N) is 3. The van der Waals surface area contributed by atoms with Crippen molar-refractivity contribution in [1.82, 2.24) is 14.6 Å². The van der Waals surface area contributed by atoms with Gasteiger partial charge in [0.2, 0.25) is 4.96 Å². The normalized spacial score (nSPS) is 11.0. The number of hydrogen-bond acceptors (Lipinski definition) is 5. The van der Waals surface area contributed by atoms with E-state index in [1.165, 1.54) is 11.3 Å². The summed E-state index contributed by atoms with van der Waals surface area (Å²) in [7, 11) is 0. The molecule has 0 spiro atoms. The highest BCUT2D eigenvalue weighted by molar-refractivity contribution is 7.15. The summed E-state index contributed by atoms with van der Waals surface area (Å²) in [6.45, 7) is 1.68. The summed E-state index contributed by atoms with van der Waals surface area (Å²) in [6.07, 6.45) is 0. The van der Waals surface area contributed by atoms with Gasteiger partial charge >= 0.3 is 0 Å². The van der Waals surface area contributed by atoms with Gasteiger partial charge in [0.1, 0.15) is 5.75 Å². The van der Waals surface area contributed by atoms with E-state index in [0.29, 0.717) is 25.8 Å². The standard InChI is InChI=1S/C19H13Cl3N4O2S/c1-10-6-12(3-5-14(10)21)28-8-17(27)23-18-24-19-26(25-18)16(9-29-19)13-7-11(20)2-4-15(13)22/h2-7,9H,8H2,1H3,(H,23,25,27). The Bertz CT molecular complexity index is 1220. The van der Waals surface area contributed by atoms with Crippen molar-refractivity contribution >= 4 is 63.0 Å². The van der Waals surface area contributed by atoms with Crippen LogP contribution >= 0.6 is 46.1 Å². The number of halogens is 3. The Balaban J connectivity index is 1.49. The van der Waals surface area contributed by atoms with Gasteiger partial charge in [-0.05, 0) is 48.9 Å². The molecule has 2 heterocycles. The lowest BCUT2D eigenvalue weighted by Gasteiger charge is -2.07. The molecule has 0 aliphatic heterocycles. The van der Waals surface area contributed by atoms with Gasteiger partial charge in [0.25, 0.3) is 11.9 Å². The molecule has 1 amide bonds. The topological polar surface area (TPSA) is 68.5 Å². The number of benzene rings is 2. The first-order chi connectivity index (χ1) is 13.9. The number of anilines is 1. The summed E-state index contributed by atoms with van der Waals surface area (Å²) < 4.78 is 7.10. The van der Waals surface area contributed by atoms with E-state index in [1.807, 2.05) is 12.3 Å². The molecule has 0 atom stereocenters. The molecule has 29 heavy (non-hydrogen) atoms. The largest absolute Gasteiger partial charge is 0.484 e. The highest BCUT2D eigenvalue weighted by Gasteiger charge is 2.16. The van der Waals surface area contributed by atoms with Crippen molar-refractivity contribution in [3.63, 3.8) is 0 Å². The van der Waals surface area contributed by atoms with E-state index in [4.69, 9.17) is 39.5 Å². The molecule has 4 aromatic rings. The van der Waals surface area contributed by atoms with E-state index in [1.54, 1.807) is 40.9 Å². The first-order valence-electron chi connectivity index (χ1n) is 8.39. The average Bonchev–Trinajstić information content (AvgIpc) is 3.25. The quantitative estimate of drug-likeness (QED) is 0.406. The molecule has 0 unspecified atom stereocenters. The first kappa shape index (κ1) is 20.0. The third-order valence-corrected chi connectivity index (χ3v) is 5.84. The van der Waals surface area contributed by atoms with Crippen molar-refractivity contribution in [2.45, 2.75) is 6.92 Å². The number of hydrogen-bond donors (Lipinski definition) is 1. The minimum Gasteiger partial charge on any atom is -0.484 e. The zero-order valence-electron chi connectivity index (χ0n) is 14.9. The Morgan fingerprint density at radius 2 is 1.97 bits per heavy atom. The fourth-order valence-electron chi connectivity index (χ4n) is 2.63. The van der Waals surface area contributed by atoms with Crippen LogP contribution in [0.2, 0.25) is 15.1 Å². The summed E-state index contributed by atoms with van der Waals surface area (Å²) in [5.74, 6) is 0.356. The summed E-state index contributed by atoms with van der Waals surface area (Å²) in [5.41, 5.74) is 2.33. The van der Waals surface area contributed by atoms with E-state index in [-0.39, 0.29) is 18.5 Å². The molecule has 4 rings (SSSR count). The van der Waals surface area contributed by atoms with Crippen LogP contribution in [-0.4, -0.2) is 27.1 Å². The number of carbonyl (C=O) groups is 1. The zero-order chi connectivity index (χ0) is 20.5. The van der Waals surface area contributed by atoms with Gasteiger partial charge in [-0.25, -0.2) is 4.52 Å². The Morgan fingerprint density at radius 3 is 2.76 bits per heavy atom. The maximum absolute atomic E-state index is 12.2. The molecule has 1 N–H and O–H groups in total. The van der Waals surface area contributed by atoms with E-state index in [2.05, 4.69) is 15.4 Å². The third kappa shape index (κ3) is 4.33. The molecule has 6 nitrogen and oxygen atoms in total. The lowest BCUT2D eigenvalue weighted by atomic mass is 10.2. The molecule has 0 radical (unpaired) electrons. The maximum Gasteiger partial charge on any atom is 0.264 e. The maximum atomic E-state index is 12.2. The van der Waals surface area contributed by atoms with Crippen LogP contribution in [-0.2, 0) is 4.79 Å². The lowest BCUT2D eigenvalue weighted by molar-refractivity contribution is -0.118. The lowest BCUT2D eigenvalue weighted by Crippen LogP contribution is -2.21. The van der Waals surface area contributed by atoms with E-state index >= 15 is 0 Å². The number of amides is 1. The summed E-state index contributed by atoms with van der Waals surface area (Å²) in [4.78, 5) is 17.1. The highest BCUT2D eigenvalue weighted by Crippen LogP contribution is 2.33. The van der Waals surface area contributed by atoms with Crippen LogP contribution in [0, 0.1) is 6.92 Å². The van der Waals surface area contributed by atoms with Gasteiger partial charge in [-0.15, -0.1) is 16.4 Å². The molecule has 2 aromatic heterocycles. The van der Waals surface area contributed by atoms with Crippen molar-refractivity contribution in [3.8, 4) is 17.0 Å². The molecule has 0 bridgehead atoms. The van der Waals surface area contributed by atoms with Crippen LogP contribution < -0.4 is 10.1 Å². The second-order valence-corrected chi connectivity index (χ2v) is 8.21.